The second-order valence-electron chi connectivity index (χ2n) is 8.10. The van der Waals surface area contributed by atoms with Crippen molar-refractivity contribution in [2.75, 3.05) is 12.4 Å². The maximum Gasteiger partial charge on any atom is 0.412 e. The van der Waals surface area contributed by atoms with Crippen LogP contribution < -0.4 is 5.32 Å². The molecule has 0 aliphatic carbocycles. The average molecular weight is 487 g/mol. The number of fused-ring (bicyclic) bond motifs is 1. The zero-order valence-electron chi connectivity index (χ0n) is 19.7. The Morgan fingerprint density at radius 3 is 2.60 bits per heavy atom. The zero-order valence-corrected chi connectivity index (χ0v) is 20.6. The number of aromatic nitrogens is 1. The van der Waals surface area contributed by atoms with E-state index in [-0.39, 0.29) is 6.10 Å². The van der Waals surface area contributed by atoms with Crippen LogP contribution in [-0.2, 0) is 15.9 Å². The number of carbonyl (C=O) groups excluding carboxylic acids is 1. The SMILES string of the molecule is COC(O)Cc1ccc2cc(C#Cc3snc(C)c3NC(=O)O[C@H](C)c3ccccc3)ccc2c1. The van der Waals surface area contributed by atoms with Crippen molar-refractivity contribution >= 4 is 34.1 Å². The van der Waals surface area contributed by atoms with Gasteiger partial charge in [-0.15, -0.1) is 0 Å². The lowest BCUT2D eigenvalue weighted by Gasteiger charge is -2.14. The average Bonchev–Trinajstić information content (AvgIpc) is 3.21. The fourth-order valence-electron chi connectivity index (χ4n) is 3.60. The van der Waals surface area contributed by atoms with Gasteiger partial charge < -0.3 is 14.6 Å². The minimum Gasteiger partial charge on any atom is -0.441 e. The van der Waals surface area contributed by atoms with E-state index in [4.69, 9.17) is 9.47 Å². The lowest BCUT2D eigenvalue weighted by atomic mass is 10.0. The Morgan fingerprint density at radius 1 is 1.09 bits per heavy atom. The van der Waals surface area contributed by atoms with E-state index >= 15 is 0 Å². The van der Waals surface area contributed by atoms with E-state index in [1.54, 1.807) is 0 Å². The Bertz CT molecular complexity index is 1390. The van der Waals surface area contributed by atoms with Gasteiger partial charge in [0.25, 0.3) is 0 Å². The van der Waals surface area contributed by atoms with E-state index in [0.29, 0.717) is 22.7 Å². The highest BCUT2D eigenvalue weighted by atomic mass is 32.1. The van der Waals surface area contributed by atoms with Gasteiger partial charge in [-0.25, -0.2) is 4.79 Å². The van der Waals surface area contributed by atoms with Gasteiger partial charge in [0.2, 0.25) is 0 Å². The van der Waals surface area contributed by atoms with Crippen LogP contribution in [0.25, 0.3) is 10.8 Å². The molecule has 1 heterocycles. The predicted octanol–water partition coefficient (Wildman–Crippen LogP) is 5.82. The van der Waals surface area contributed by atoms with Gasteiger partial charge in [-0.3, -0.25) is 5.32 Å². The number of hydrogen-bond acceptors (Lipinski definition) is 6. The van der Waals surface area contributed by atoms with Gasteiger partial charge in [0.05, 0.1) is 11.4 Å². The molecule has 0 fully saturated rings. The first-order chi connectivity index (χ1) is 16.9. The fourth-order valence-corrected chi connectivity index (χ4v) is 4.31. The number of aliphatic hydroxyl groups excluding tert-OH is 1. The normalized spacial score (nSPS) is 12.5. The van der Waals surface area contributed by atoms with Crippen molar-refractivity contribution in [3.63, 3.8) is 0 Å². The van der Waals surface area contributed by atoms with E-state index < -0.39 is 12.4 Å². The van der Waals surface area contributed by atoms with Crippen LogP contribution in [-0.4, -0.2) is 29.0 Å². The van der Waals surface area contributed by atoms with Crippen molar-refractivity contribution < 1.29 is 19.4 Å². The topological polar surface area (TPSA) is 80.7 Å². The molecular formula is C28H26N2O4S. The van der Waals surface area contributed by atoms with Crippen molar-refractivity contribution in [2.24, 2.45) is 0 Å². The Balaban J connectivity index is 1.48. The Morgan fingerprint density at radius 2 is 1.83 bits per heavy atom. The molecule has 35 heavy (non-hydrogen) atoms. The largest absolute Gasteiger partial charge is 0.441 e. The maximum atomic E-state index is 12.5. The number of carbonyl (C=O) groups is 1. The Hall–Kier alpha value is -3.70. The van der Waals surface area contributed by atoms with Crippen molar-refractivity contribution in [3.8, 4) is 11.8 Å². The van der Waals surface area contributed by atoms with Crippen LogP contribution in [0.1, 0.15) is 40.3 Å². The van der Waals surface area contributed by atoms with Gasteiger partial charge in [0, 0.05) is 19.1 Å². The van der Waals surface area contributed by atoms with Crippen LogP contribution in [0.15, 0.2) is 66.7 Å². The van der Waals surface area contributed by atoms with Gasteiger partial charge in [-0.05, 0) is 65.3 Å². The number of nitrogens with zero attached hydrogens (tertiary/aromatic N) is 1. The lowest BCUT2D eigenvalue weighted by molar-refractivity contribution is -0.0720. The summed E-state index contributed by atoms with van der Waals surface area (Å²) in [5.41, 5.74) is 4.01. The second kappa shape index (κ2) is 11.2. The molecule has 0 radical (unpaired) electrons. The lowest BCUT2D eigenvalue weighted by Crippen LogP contribution is -2.16. The van der Waals surface area contributed by atoms with E-state index in [1.807, 2.05) is 80.6 Å². The molecule has 0 aliphatic rings. The first-order valence-electron chi connectivity index (χ1n) is 11.2. The number of ether oxygens (including phenoxy) is 2. The van der Waals surface area contributed by atoms with Crippen LogP contribution in [0.4, 0.5) is 10.5 Å². The fraction of sp³-hybridized carbons (Fsp3) is 0.214. The summed E-state index contributed by atoms with van der Waals surface area (Å²) in [7, 11) is 1.48. The summed E-state index contributed by atoms with van der Waals surface area (Å²) in [6.45, 7) is 3.66. The molecule has 6 nitrogen and oxygen atoms in total. The highest BCUT2D eigenvalue weighted by Gasteiger charge is 2.16. The molecule has 4 rings (SSSR count). The van der Waals surface area contributed by atoms with Crippen LogP contribution in [0.5, 0.6) is 0 Å². The first-order valence-corrected chi connectivity index (χ1v) is 11.9. The van der Waals surface area contributed by atoms with E-state index in [0.717, 1.165) is 27.5 Å². The number of aliphatic hydroxyl groups is 1. The number of benzene rings is 3. The summed E-state index contributed by atoms with van der Waals surface area (Å²) in [5.74, 6) is 6.31. The number of aryl methyl sites for hydroxylation is 1. The Labute approximate surface area is 208 Å². The molecule has 0 saturated carbocycles. The number of methoxy groups -OCH3 is 1. The quantitative estimate of drug-likeness (QED) is 0.265. The molecule has 3 aromatic carbocycles. The zero-order chi connectivity index (χ0) is 24.8. The predicted molar refractivity (Wildman–Crippen MR) is 138 cm³/mol. The summed E-state index contributed by atoms with van der Waals surface area (Å²) in [4.78, 5) is 13.2. The van der Waals surface area contributed by atoms with Gasteiger partial charge in [-0.1, -0.05) is 60.5 Å². The number of hydrogen-bond donors (Lipinski definition) is 2. The van der Waals surface area contributed by atoms with Gasteiger partial charge >= 0.3 is 6.09 Å². The smallest absolute Gasteiger partial charge is 0.412 e. The molecular weight excluding hydrogens is 460 g/mol. The molecule has 1 aromatic heterocycles. The highest BCUT2D eigenvalue weighted by Crippen LogP contribution is 2.25. The third kappa shape index (κ3) is 6.25. The molecule has 1 unspecified atom stereocenters. The van der Waals surface area contributed by atoms with Crippen molar-refractivity contribution in [2.45, 2.75) is 32.7 Å². The maximum absolute atomic E-state index is 12.5. The standard InChI is InChI=1S/C28H26N2O4S/c1-18-27(29-28(32)34-19(2)22-7-5-4-6-8-22)25(35-30-18)14-11-20-9-12-24-16-21(17-26(31)33-3)10-13-23(24)15-20/h4-10,12-13,15-16,19,26,31H,17H2,1-3H3,(H,29,32)/t19-,26?/m1/s1. The number of anilines is 1. The summed E-state index contributed by atoms with van der Waals surface area (Å²) in [5, 5.41) is 14.6. The van der Waals surface area contributed by atoms with Crippen molar-refractivity contribution in [1.29, 1.82) is 0 Å². The second-order valence-corrected chi connectivity index (χ2v) is 8.87. The van der Waals surface area contributed by atoms with Crippen molar-refractivity contribution in [3.05, 3.63) is 94.0 Å². The number of amides is 1. The molecule has 178 valence electrons. The molecule has 0 saturated heterocycles. The first kappa shape index (κ1) is 24.4. The van der Waals surface area contributed by atoms with Crippen LogP contribution >= 0.6 is 11.5 Å². The summed E-state index contributed by atoms with van der Waals surface area (Å²) in [6, 6.07) is 21.5. The minimum absolute atomic E-state index is 0.381. The van der Waals surface area contributed by atoms with E-state index in [9.17, 15) is 9.90 Å². The van der Waals surface area contributed by atoms with E-state index in [1.165, 1.54) is 18.6 Å². The van der Waals surface area contributed by atoms with E-state index in [2.05, 4.69) is 21.5 Å². The van der Waals surface area contributed by atoms with Gasteiger partial charge in [0.1, 0.15) is 11.0 Å². The molecule has 2 N–H and O–H groups in total. The molecule has 0 bridgehead atoms. The minimum atomic E-state index is -0.818. The summed E-state index contributed by atoms with van der Waals surface area (Å²) >= 11 is 1.24. The molecule has 4 aromatic rings. The monoisotopic (exact) mass is 486 g/mol. The molecule has 7 heteroatoms. The molecule has 1 amide bonds. The Kier molecular flexibility index (Phi) is 7.78. The molecule has 0 spiro atoms. The van der Waals surface area contributed by atoms with Crippen LogP contribution in [0.3, 0.4) is 0 Å². The molecule has 0 aliphatic heterocycles. The van der Waals surface area contributed by atoms with Crippen LogP contribution in [0, 0.1) is 18.8 Å². The van der Waals surface area contributed by atoms with Gasteiger partial charge in [-0.2, -0.15) is 4.37 Å². The summed E-state index contributed by atoms with van der Waals surface area (Å²) < 4.78 is 14.8. The number of nitrogens with one attached hydrogen (secondary N) is 1. The third-order valence-corrected chi connectivity index (χ3v) is 6.40. The third-order valence-electron chi connectivity index (χ3n) is 5.55. The molecule has 2 atom stereocenters. The van der Waals surface area contributed by atoms with Crippen molar-refractivity contribution in [1.82, 2.24) is 4.37 Å². The summed E-state index contributed by atoms with van der Waals surface area (Å²) in [6.07, 6.45) is -1.32. The van der Waals surface area contributed by atoms with Gasteiger partial charge in [0.15, 0.2) is 6.29 Å². The van der Waals surface area contributed by atoms with Crippen LogP contribution in [0.2, 0.25) is 0 Å². The number of rotatable bonds is 6. The highest BCUT2D eigenvalue weighted by molar-refractivity contribution is 7.07.